The average molecular weight is 432 g/mol. The van der Waals surface area contributed by atoms with Gasteiger partial charge in [-0.3, -0.25) is 0 Å². The van der Waals surface area contributed by atoms with Crippen molar-refractivity contribution in [2.24, 2.45) is 5.41 Å². The summed E-state index contributed by atoms with van der Waals surface area (Å²) < 4.78 is -0.690. The predicted octanol–water partition coefficient (Wildman–Crippen LogP) is 6.93. The quantitative estimate of drug-likeness (QED) is 0.397. The number of fused-ring (bicyclic) bond motifs is 7. The first-order valence-corrected chi connectivity index (χ1v) is 10.4. The normalized spacial score (nSPS) is 29.3. The van der Waals surface area contributed by atoms with Crippen LogP contribution in [0.25, 0.3) is 17.2 Å². The van der Waals surface area contributed by atoms with Crippen LogP contribution >= 0.6 is 27.5 Å². The number of hydrogen-bond acceptors (Lipinski definition) is 0. The highest BCUT2D eigenvalue weighted by molar-refractivity contribution is 9.10. The van der Waals surface area contributed by atoms with Crippen LogP contribution in [-0.2, 0) is 6.42 Å². The number of rotatable bonds is 0. The fraction of sp³-hybridized carbons (Fsp3) is 0.120. The molecule has 130 valence electrons. The van der Waals surface area contributed by atoms with E-state index in [0.29, 0.717) is 0 Å². The number of benzene rings is 2. The second-order valence-electron chi connectivity index (χ2n) is 7.58. The minimum atomic E-state index is -0.690. The topological polar surface area (TPSA) is 0 Å². The zero-order valence-electron chi connectivity index (χ0n) is 14.5. The summed E-state index contributed by atoms with van der Waals surface area (Å²) in [6.07, 6.45) is 14.3. The molecule has 2 aromatic carbocycles. The maximum absolute atomic E-state index is 7.20. The van der Waals surface area contributed by atoms with Gasteiger partial charge in [-0.15, -0.1) is 11.6 Å². The summed E-state index contributed by atoms with van der Waals surface area (Å²) >= 11 is 11.1. The van der Waals surface area contributed by atoms with Crippen LogP contribution in [-0.4, -0.2) is 3.78 Å². The van der Waals surface area contributed by atoms with Crippen molar-refractivity contribution in [3.05, 3.63) is 112 Å². The predicted molar refractivity (Wildman–Crippen MR) is 118 cm³/mol. The van der Waals surface area contributed by atoms with Gasteiger partial charge in [-0.1, -0.05) is 94.8 Å². The van der Waals surface area contributed by atoms with Gasteiger partial charge in [0.05, 0.1) is 5.41 Å². The van der Waals surface area contributed by atoms with E-state index in [2.05, 4.69) is 101 Å². The Morgan fingerprint density at radius 3 is 2.59 bits per heavy atom. The molecule has 0 bridgehead atoms. The van der Waals surface area contributed by atoms with Crippen molar-refractivity contribution in [2.45, 2.75) is 10.2 Å². The molecule has 1 spiro atoms. The summed E-state index contributed by atoms with van der Waals surface area (Å²) in [5.74, 6) is 0. The van der Waals surface area contributed by atoms with E-state index < -0.39 is 9.20 Å². The third-order valence-corrected chi connectivity index (χ3v) is 7.65. The largest absolute Gasteiger partial charge is 0.134 e. The molecule has 2 heteroatoms. The molecule has 4 aliphatic carbocycles. The van der Waals surface area contributed by atoms with Gasteiger partial charge in [0.2, 0.25) is 0 Å². The van der Waals surface area contributed by atoms with E-state index in [9.17, 15) is 0 Å². The van der Waals surface area contributed by atoms with E-state index >= 15 is 0 Å². The standard InChI is InChI=1S/C25H16BrCl/c26-25(27)13-11-21-19-9-4-2-7-17(19)15-23(21)24(25)12-5-10-20-18-8-3-1-6-16(18)14-22(20)24/h1-14H,15H2. The highest BCUT2D eigenvalue weighted by atomic mass is 79.9. The molecule has 0 heterocycles. The Labute approximate surface area is 172 Å². The van der Waals surface area contributed by atoms with Gasteiger partial charge in [0.25, 0.3) is 0 Å². The lowest BCUT2D eigenvalue weighted by Crippen LogP contribution is -2.42. The molecule has 4 aliphatic rings. The molecule has 0 nitrogen and oxygen atoms in total. The van der Waals surface area contributed by atoms with E-state index in [1.807, 2.05) is 0 Å². The van der Waals surface area contributed by atoms with Crippen molar-refractivity contribution >= 4 is 44.8 Å². The third-order valence-electron chi connectivity index (χ3n) is 6.34. The summed E-state index contributed by atoms with van der Waals surface area (Å²) in [5.41, 5.74) is 10.2. The Kier molecular flexibility index (Phi) is 3.09. The molecule has 0 aliphatic heterocycles. The molecule has 0 N–H and O–H groups in total. The van der Waals surface area contributed by atoms with E-state index in [4.69, 9.17) is 11.6 Å². The average Bonchev–Trinajstić information content (AvgIpc) is 3.24. The minimum absolute atomic E-state index is 0.402. The van der Waals surface area contributed by atoms with Gasteiger partial charge in [-0.2, -0.15) is 0 Å². The molecule has 0 fully saturated rings. The lowest BCUT2D eigenvalue weighted by atomic mass is 9.63. The number of allylic oxidation sites excluding steroid dienone is 9. The Balaban J connectivity index is 1.64. The van der Waals surface area contributed by atoms with Crippen molar-refractivity contribution in [2.75, 3.05) is 0 Å². The molecule has 0 radical (unpaired) electrons. The Morgan fingerprint density at radius 2 is 1.70 bits per heavy atom. The van der Waals surface area contributed by atoms with Gasteiger partial charge < -0.3 is 0 Å². The molecule has 0 saturated carbocycles. The summed E-state index contributed by atoms with van der Waals surface area (Å²) in [5, 5.41) is 0. The molecular formula is C25H16BrCl. The van der Waals surface area contributed by atoms with E-state index in [1.54, 1.807) is 0 Å². The highest BCUT2D eigenvalue weighted by Gasteiger charge is 2.56. The second kappa shape index (κ2) is 5.25. The fourth-order valence-corrected chi connectivity index (χ4v) is 6.19. The van der Waals surface area contributed by atoms with Crippen LogP contribution in [0.5, 0.6) is 0 Å². The zero-order chi connectivity index (χ0) is 18.2. The monoisotopic (exact) mass is 430 g/mol. The zero-order valence-corrected chi connectivity index (χ0v) is 16.9. The number of halogens is 2. The molecule has 0 aromatic heterocycles. The van der Waals surface area contributed by atoms with E-state index in [0.717, 1.165) is 6.42 Å². The highest BCUT2D eigenvalue weighted by Crippen LogP contribution is 2.65. The fourth-order valence-electron chi connectivity index (χ4n) is 5.13. The van der Waals surface area contributed by atoms with Gasteiger partial charge in [-0.25, -0.2) is 0 Å². The van der Waals surface area contributed by atoms with Crippen molar-refractivity contribution in [3.8, 4) is 0 Å². The van der Waals surface area contributed by atoms with Crippen LogP contribution in [0.4, 0.5) is 0 Å². The van der Waals surface area contributed by atoms with E-state index in [1.165, 1.54) is 44.5 Å². The first-order chi connectivity index (χ1) is 13.1. The minimum Gasteiger partial charge on any atom is -0.100 e. The van der Waals surface area contributed by atoms with E-state index in [-0.39, 0.29) is 0 Å². The Morgan fingerprint density at radius 1 is 0.926 bits per heavy atom. The SMILES string of the molecule is ClC1(Br)C=CC2=C(Cc3ccccc32)C12C=CC=C1C2=Cc2ccccc21. The molecule has 2 aromatic rings. The molecular weight excluding hydrogens is 416 g/mol. The van der Waals surface area contributed by atoms with Crippen LogP contribution < -0.4 is 0 Å². The lowest BCUT2D eigenvalue weighted by molar-refractivity contribution is 0.546. The second-order valence-corrected chi connectivity index (χ2v) is 9.88. The van der Waals surface area contributed by atoms with Crippen molar-refractivity contribution in [1.82, 2.24) is 0 Å². The van der Waals surface area contributed by atoms with Crippen LogP contribution in [0.2, 0.25) is 0 Å². The maximum Gasteiger partial charge on any atom is 0.134 e. The lowest BCUT2D eigenvalue weighted by Gasteiger charge is -2.46. The van der Waals surface area contributed by atoms with Crippen molar-refractivity contribution in [3.63, 3.8) is 0 Å². The maximum atomic E-state index is 7.20. The molecule has 2 unspecified atom stereocenters. The summed E-state index contributed by atoms with van der Waals surface area (Å²) in [6, 6.07) is 17.3. The van der Waals surface area contributed by atoms with Gasteiger partial charge in [0.15, 0.2) is 0 Å². The van der Waals surface area contributed by atoms with Crippen LogP contribution in [0, 0.1) is 5.41 Å². The van der Waals surface area contributed by atoms with Gasteiger partial charge in [0.1, 0.15) is 3.78 Å². The van der Waals surface area contributed by atoms with Crippen molar-refractivity contribution < 1.29 is 0 Å². The molecule has 27 heavy (non-hydrogen) atoms. The van der Waals surface area contributed by atoms with Gasteiger partial charge >= 0.3 is 0 Å². The Hall–Kier alpha value is -2.09. The number of alkyl halides is 2. The summed E-state index contributed by atoms with van der Waals surface area (Å²) in [7, 11) is 0. The van der Waals surface area contributed by atoms with Gasteiger partial charge in [-0.05, 0) is 57.0 Å². The van der Waals surface area contributed by atoms with Crippen LogP contribution in [0.1, 0.15) is 22.3 Å². The van der Waals surface area contributed by atoms with Crippen molar-refractivity contribution in [1.29, 1.82) is 0 Å². The van der Waals surface area contributed by atoms with Gasteiger partial charge in [0, 0.05) is 0 Å². The third kappa shape index (κ3) is 1.89. The number of hydrogen-bond donors (Lipinski definition) is 0. The molecule has 0 amide bonds. The Bertz CT molecular complexity index is 1170. The first-order valence-electron chi connectivity index (χ1n) is 9.22. The van der Waals surface area contributed by atoms with Crippen LogP contribution in [0.3, 0.4) is 0 Å². The summed E-state index contributed by atoms with van der Waals surface area (Å²) in [4.78, 5) is 0. The first kappa shape index (κ1) is 15.9. The molecule has 0 saturated heterocycles. The smallest absolute Gasteiger partial charge is 0.100 e. The molecule has 6 rings (SSSR count). The molecule has 2 atom stereocenters. The summed E-state index contributed by atoms with van der Waals surface area (Å²) in [6.45, 7) is 0. The van der Waals surface area contributed by atoms with Crippen LogP contribution in [0.15, 0.2) is 90.1 Å².